The lowest BCUT2D eigenvalue weighted by atomic mass is 10.2. The molecule has 2 N–H and O–H groups in total. The molecule has 2 aromatic carbocycles. The number of anilines is 1. The molecule has 128 valence electrons. The zero-order chi connectivity index (χ0) is 17.4. The first-order valence-corrected chi connectivity index (χ1v) is 8.14. The molecule has 3 rings (SSSR count). The third kappa shape index (κ3) is 4.49. The van der Waals surface area contributed by atoms with Crippen molar-refractivity contribution in [3.63, 3.8) is 0 Å². The highest BCUT2D eigenvalue weighted by Gasteiger charge is 2.06. The molecule has 0 saturated heterocycles. The number of benzene rings is 2. The molecule has 5 nitrogen and oxygen atoms in total. The lowest BCUT2D eigenvalue weighted by Gasteiger charge is -2.07. The zero-order valence-corrected chi connectivity index (χ0v) is 14.5. The number of nitrogens with two attached hydrogens (primary N) is 1. The Balaban J connectivity index is 0.000000647. The van der Waals surface area contributed by atoms with E-state index in [1.165, 1.54) is 6.42 Å². The molecule has 1 aromatic heterocycles. The van der Waals surface area contributed by atoms with E-state index < -0.39 is 0 Å². The van der Waals surface area contributed by atoms with Crippen molar-refractivity contribution in [3.05, 3.63) is 48.8 Å². The molecule has 0 radical (unpaired) electrons. The van der Waals surface area contributed by atoms with Crippen LogP contribution in [-0.2, 0) is 4.74 Å². The molecule has 0 amide bonds. The van der Waals surface area contributed by atoms with Crippen LogP contribution in [0.5, 0.6) is 5.75 Å². The molecular weight excluding hydrogens is 302 g/mol. The highest BCUT2D eigenvalue weighted by atomic mass is 16.5. The maximum absolute atomic E-state index is 5.72. The molecule has 24 heavy (non-hydrogen) atoms. The Kier molecular flexibility index (Phi) is 6.63. The lowest BCUT2D eigenvalue weighted by molar-refractivity contribution is 0.146. The van der Waals surface area contributed by atoms with Crippen molar-refractivity contribution < 1.29 is 9.47 Å². The molecule has 3 aromatic rings. The topological polar surface area (TPSA) is 62.3 Å². The number of nitrogen functional groups attached to an aromatic ring is 1. The molecular formula is C19H25N3O2. The average Bonchev–Trinajstić information content (AvgIpc) is 3.00. The molecule has 1 heterocycles. The van der Waals surface area contributed by atoms with Gasteiger partial charge >= 0.3 is 0 Å². The fourth-order valence-corrected chi connectivity index (χ4v) is 2.17. The van der Waals surface area contributed by atoms with E-state index in [0.717, 1.165) is 28.2 Å². The Labute approximate surface area is 143 Å². The van der Waals surface area contributed by atoms with Gasteiger partial charge in [-0.3, -0.25) is 4.57 Å². The van der Waals surface area contributed by atoms with E-state index in [1.807, 2.05) is 47.0 Å². The smallest absolute Gasteiger partial charge is 0.121 e. The Morgan fingerprint density at radius 2 is 1.75 bits per heavy atom. The van der Waals surface area contributed by atoms with E-state index in [2.05, 4.69) is 18.8 Å². The van der Waals surface area contributed by atoms with Gasteiger partial charge in [0.25, 0.3) is 0 Å². The van der Waals surface area contributed by atoms with E-state index in [-0.39, 0.29) is 0 Å². The first-order valence-electron chi connectivity index (χ1n) is 8.14. The van der Waals surface area contributed by atoms with Crippen molar-refractivity contribution in [1.82, 2.24) is 9.55 Å². The van der Waals surface area contributed by atoms with Gasteiger partial charge in [-0.2, -0.15) is 0 Å². The number of hydrogen-bond acceptors (Lipinski definition) is 4. The summed E-state index contributed by atoms with van der Waals surface area (Å²) in [6.45, 7) is 5.35. The maximum atomic E-state index is 5.72. The zero-order valence-electron chi connectivity index (χ0n) is 14.5. The Bertz CT molecular complexity index is 751. The highest BCUT2D eigenvalue weighted by Crippen LogP contribution is 2.23. The van der Waals surface area contributed by atoms with Gasteiger partial charge in [-0.15, -0.1) is 0 Å². The molecule has 0 aliphatic rings. The van der Waals surface area contributed by atoms with Crippen LogP contribution in [-0.4, -0.2) is 29.9 Å². The molecule has 0 aliphatic carbocycles. The minimum atomic E-state index is 0.528. The lowest BCUT2D eigenvalue weighted by Crippen LogP contribution is -2.04. The van der Waals surface area contributed by atoms with Crippen LogP contribution in [0.1, 0.15) is 20.3 Å². The van der Waals surface area contributed by atoms with Gasteiger partial charge in [0.2, 0.25) is 0 Å². The molecule has 0 aliphatic heterocycles. The van der Waals surface area contributed by atoms with Crippen molar-refractivity contribution in [1.29, 1.82) is 0 Å². The van der Waals surface area contributed by atoms with Crippen molar-refractivity contribution in [3.8, 4) is 11.4 Å². The summed E-state index contributed by atoms with van der Waals surface area (Å²) in [4.78, 5) is 4.43. The van der Waals surface area contributed by atoms with E-state index in [0.29, 0.717) is 13.2 Å². The van der Waals surface area contributed by atoms with E-state index in [9.17, 15) is 0 Å². The normalized spacial score (nSPS) is 10.3. The third-order valence-electron chi connectivity index (χ3n) is 3.25. The Hall–Kier alpha value is -2.53. The van der Waals surface area contributed by atoms with E-state index >= 15 is 0 Å². The fourth-order valence-electron chi connectivity index (χ4n) is 2.17. The van der Waals surface area contributed by atoms with Gasteiger partial charge < -0.3 is 15.2 Å². The summed E-state index contributed by atoms with van der Waals surface area (Å²) >= 11 is 0. The van der Waals surface area contributed by atoms with Crippen LogP contribution < -0.4 is 10.5 Å². The second-order valence-corrected chi connectivity index (χ2v) is 5.40. The summed E-state index contributed by atoms with van der Waals surface area (Å²) in [5.41, 5.74) is 9.41. The number of ether oxygens (including phenoxy) is 2. The maximum Gasteiger partial charge on any atom is 0.121 e. The van der Waals surface area contributed by atoms with Gasteiger partial charge in [-0.05, 0) is 36.4 Å². The second kappa shape index (κ2) is 8.93. The summed E-state index contributed by atoms with van der Waals surface area (Å²) in [7, 11) is 1.65. The van der Waals surface area contributed by atoms with Crippen LogP contribution in [0.4, 0.5) is 5.69 Å². The Morgan fingerprint density at radius 3 is 2.42 bits per heavy atom. The summed E-state index contributed by atoms with van der Waals surface area (Å²) in [5, 5.41) is 0. The van der Waals surface area contributed by atoms with Crippen LogP contribution in [0.3, 0.4) is 0 Å². The van der Waals surface area contributed by atoms with Gasteiger partial charge in [0.1, 0.15) is 18.7 Å². The van der Waals surface area contributed by atoms with Crippen LogP contribution in [0.2, 0.25) is 0 Å². The number of nitrogens with zero attached hydrogens (tertiary/aromatic N) is 2. The summed E-state index contributed by atoms with van der Waals surface area (Å²) in [6.07, 6.45) is 3.05. The number of hydrogen-bond donors (Lipinski definition) is 1. The average molecular weight is 327 g/mol. The van der Waals surface area contributed by atoms with Crippen LogP contribution in [0.15, 0.2) is 48.8 Å². The quantitative estimate of drug-likeness (QED) is 0.567. The van der Waals surface area contributed by atoms with Gasteiger partial charge in [0, 0.05) is 24.6 Å². The molecule has 0 spiro atoms. The number of methoxy groups -OCH3 is 1. The van der Waals surface area contributed by atoms with Crippen molar-refractivity contribution in [2.24, 2.45) is 0 Å². The Morgan fingerprint density at radius 1 is 1.04 bits per heavy atom. The van der Waals surface area contributed by atoms with Crippen molar-refractivity contribution in [2.45, 2.75) is 20.3 Å². The van der Waals surface area contributed by atoms with Gasteiger partial charge in [-0.1, -0.05) is 20.3 Å². The largest absolute Gasteiger partial charge is 0.491 e. The van der Waals surface area contributed by atoms with Crippen molar-refractivity contribution in [2.75, 3.05) is 26.1 Å². The predicted octanol–water partition coefficient (Wildman–Crippen LogP) is 4.05. The van der Waals surface area contributed by atoms with Gasteiger partial charge in [0.05, 0.1) is 17.6 Å². The van der Waals surface area contributed by atoms with Gasteiger partial charge in [-0.25, -0.2) is 4.98 Å². The number of aromatic nitrogens is 2. The summed E-state index contributed by atoms with van der Waals surface area (Å²) in [5.74, 6) is 0.794. The monoisotopic (exact) mass is 327 g/mol. The van der Waals surface area contributed by atoms with E-state index in [4.69, 9.17) is 15.2 Å². The molecule has 0 bridgehead atoms. The second-order valence-electron chi connectivity index (χ2n) is 5.40. The predicted molar refractivity (Wildman–Crippen MR) is 98.8 cm³/mol. The fraction of sp³-hybridized carbons (Fsp3) is 0.316. The van der Waals surface area contributed by atoms with E-state index in [1.54, 1.807) is 13.4 Å². The molecule has 0 atom stereocenters. The number of imidazole rings is 1. The minimum Gasteiger partial charge on any atom is -0.491 e. The standard InChI is InChI=1S/C16H17N3O2.C3H8/c1-20-8-9-21-14-6-7-16-15(10-14)18-11-19(16)13-4-2-12(17)3-5-13;1-3-2/h2-7,10-11H,8-9,17H2,1H3;3H2,1-2H3. The summed E-state index contributed by atoms with van der Waals surface area (Å²) in [6, 6.07) is 13.6. The minimum absolute atomic E-state index is 0.528. The van der Waals surface area contributed by atoms with Crippen LogP contribution in [0.25, 0.3) is 16.7 Å². The third-order valence-corrected chi connectivity index (χ3v) is 3.25. The number of fused-ring (bicyclic) bond motifs is 1. The molecule has 0 unspecified atom stereocenters. The highest BCUT2D eigenvalue weighted by molar-refractivity contribution is 5.79. The molecule has 5 heteroatoms. The summed E-state index contributed by atoms with van der Waals surface area (Å²) < 4.78 is 12.6. The van der Waals surface area contributed by atoms with Crippen molar-refractivity contribution >= 4 is 16.7 Å². The van der Waals surface area contributed by atoms with Gasteiger partial charge in [0.15, 0.2) is 0 Å². The SMILES string of the molecule is CCC.COCCOc1ccc2c(c1)ncn2-c1ccc(N)cc1. The van der Waals surface area contributed by atoms with Crippen LogP contribution in [0, 0.1) is 0 Å². The number of rotatable bonds is 5. The molecule has 0 fully saturated rings. The first-order chi connectivity index (χ1) is 11.7. The van der Waals surface area contributed by atoms with Crippen LogP contribution >= 0.6 is 0 Å². The first kappa shape index (κ1) is 17.8. The molecule has 0 saturated carbocycles.